The third-order valence-electron chi connectivity index (χ3n) is 4.02. The lowest BCUT2D eigenvalue weighted by atomic mass is 9.99. The maximum atomic E-state index is 11.5. The van der Waals surface area contributed by atoms with E-state index in [-0.39, 0.29) is 0 Å². The number of hydrogen-bond donors (Lipinski definition) is 1. The molecule has 0 amide bonds. The number of hydrogen-bond acceptors (Lipinski definition) is 3. The van der Waals surface area contributed by atoms with Crippen LogP contribution in [0, 0.1) is 5.92 Å². The number of fused-ring (bicyclic) bond motifs is 1. The van der Waals surface area contributed by atoms with Gasteiger partial charge in [-0.25, -0.2) is 9.78 Å². The summed E-state index contributed by atoms with van der Waals surface area (Å²) in [4.78, 5) is 18.2. The van der Waals surface area contributed by atoms with Crippen molar-refractivity contribution in [1.29, 1.82) is 0 Å². The molecule has 1 aliphatic rings. The zero-order valence-electron chi connectivity index (χ0n) is 11.5. The summed E-state index contributed by atoms with van der Waals surface area (Å²) >= 11 is 0. The van der Waals surface area contributed by atoms with Crippen LogP contribution in [0.3, 0.4) is 0 Å². The van der Waals surface area contributed by atoms with Gasteiger partial charge in [-0.1, -0.05) is 25.1 Å². The van der Waals surface area contributed by atoms with E-state index in [2.05, 4.69) is 16.8 Å². The van der Waals surface area contributed by atoms with Gasteiger partial charge >= 0.3 is 5.97 Å². The summed E-state index contributed by atoms with van der Waals surface area (Å²) in [6.07, 6.45) is 2.18. The fourth-order valence-corrected chi connectivity index (χ4v) is 2.72. The van der Waals surface area contributed by atoms with Crippen molar-refractivity contribution in [2.75, 3.05) is 18.0 Å². The van der Waals surface area contributed by atoms with Crippen LogP contribution >= 0.6 is 0 Å². The second-order valence-electron chi connectivity index (χ2n) is 5.53. The van der Waals surface area contributed by atoms with Gasteiger partial charge in [0.25, 0.3) is 0 Å². The minimum Gasteiger partial charge on any atom is -0.478 e. The molecule has 2 heterocycles. The quantitative estimate of drug-likeness (QED) is 0.910. The Morgan fingerprint density at radius 1 is 1.30 bits per heavy atom. The Morgan fingerprint density at radius 3 is 2.70 bits per heavy atom. The van der Waals surface area contributed by atoms with E-state index >= 15 is 0 Å². The molecular weight excluding hydrogens is 252 g/mol. The summed E-state index contributed by atoms with van der Waals surface area (Å²) in [6, 6.07) is 9.39. The molecule has 1 aliphatic heterocycles. The Kier molecular flexibility index (Phi) is 3.30. The van der Waals surface area contributed by atoms with E-state index in [1.807, 2.05) is 24.3 Å². The number of piperidine rings is 1. The van der Waals surface area contributed by atoms with Crippen molar-refractivity contribution in [3.63, 3.8) is 0 Å². The lowest BCUT2D eigenvalue weighted by Crippen LogP contribution is -2.34. The van der Waals surface area contributed by atoms with Crippen molar-refractivity contribution < 1.29 is 9.90 Å². The lowest BCUT2D eigenvalue weighted by molar-refractivity contribution is 0.0697. The zero-order chi connectivity index (χ0) is 14.1. The topological polar surface area (TPSA) is 53.4 Å². The number of para-hydroxylation sites is 1. The highest BCUT2D eigenvalue weighted by molar-refractivity contribution is 5.98. The van der Waals surface area contributed by atoms with Gasteiger partial charge in [-0.15, -0.1) is 0 Å². The number of nitrogens with zero attached hydrogens (tertiary/aromatic N) is 2. The fourth-order valence-electron chi connectivity index (χ4n) is 2.72. The van der Waals surface area contributed by atoms with Gasteiger partial charge in [0.05, 0.1) is 5.52 Å². The number of carboxylic acid groups (broad SMARTS) is 1. The number of aromatic nitrogens is 1. The van der Waals surface area contributed by atoms with Gasteiger partial charge in [0.15, 0.2) is 0 Å². The Balaban J connectivity index is 2.07. The monoisotopic (exact) mass is 270 g/mol. The molecule has 1 N–H and O–H groups in total. The third-order valence-corrected chi connectivity index (χ3v) is 4.02. The molecule has 0 unspecified atom stereocenters. The van der Waals surface area contributed by atoms with E-state index < -0.39 is 5.97 Å². The molecule has 2 aromatic rings. The van der Waals surface area contributed by atoms with Crippen molar-refractivity contribution in [3.8, 4) is 0 Å². The van der Waals surface area contributed by atoms with Crippen molar-refractivity contribution >= 4 is 22.7 Å². The van der Waals surface area contributed by atoms with Crippen molar-refractivity contribution in [2.24, 2.45) is 5.92 Å². The number of aromatic carboxylic acids is 1. The van der Waals surface area contributed by atoms with Crippen LogP contribution in [0.15, 0.2) is 30.3 Å². The van der Waals surface area contributed by atoms with Crippen LogP contribution < -0.4 is 4.90 Å². The molecule has 0 bridgehead atoms. The summed E-state index contributed by atoms with van der Waals surface area (Å²) in [7, 11) is 0. The Morgan fingerprint density at radius 2 is 2.00 bits per heavy atom. The van der Waals surface area contributed by atoms with Crippen LogP contribution in [-0.4, -0.2) is 29.1 Å². The summed E-state index contributed by atoms with van der Waals surface area (Å²) < 4.78 is 0. The average molecular weight is 270 g/mol. The Hall–Kier alpha value is -2.10. The highest BCUT2D eigenvalue weighted by Crippen LogP contribution is 2.27. The number of carbonyl (C=O) groups is 1. The first-order chi connectivity index (χ1) is 9.65. The SMILES string of the molecule is CC1CCN(c2nc3ccccc3cc2C(=O)O)CC1. The summed E-state index contributed by atoms with van der Waals surface area (Å²) in [5, 5.41) is 10.3. The van der Waals surface area contributed by atoms with Crippen LogP contribution in [0.2, 0.25) is 0 Å². The number of carboxylic acids is 1. The first-order valence-corrected chi connectivity index (χ1v) is 7.03. The molecule has 104 valence electrons. The number of pyridine rings is 1. The van der Waals surface area contributed by atoms with Gasteiger partial charge in [-0.3, -0.25) is 0 Å². The minimum atomic E-state index is -0.906. The van der Waals surface area contributed by atoms with Crippen LogP contribution in [0.5, 0.6) is 0 Å². The van der Waals surface area contributed by atoms with E-state index in [9.17, 15) is 9.90 Å². The molecule has 0 saturated carbocycles. The normalized spacial score (nSPS) is 16.6. The van der Waals surface area contributed by atoms with E-state index in [4.69, 9.17) is 0 Å². The molecule has 20 heavy (non-hydrogen) atoms. The van der Waals surface area contributed by atoms with Crippen LogP contribution in [0.4, 0.5) is 5.82 Å². The Bertz CT molecular complexity index is 646. The van der Waals surface area contributed by atoms with Gasteiger partial charge in [0, 0.05) is 18.5 Å². The molecule has 1 aromatic carbocycles. The molecule has 0 radical (unpaired) electrons. The first-order valence-electron chi connectivity index (χ1n) is 7.03. The third kappa shape index (κ3) is 2.33. The molecule has 0 spiro atoms. The molecule has 0 aliphatic carbocycles. The molecule has 4 nitrogen and oxygen atoms in total. The van der Waals surface area contributed by atoms with Gasteiger partial charge in [-0.2, -0.15) is 0 Å². The van der Waals surface area contributed by atoms with E-state index in [1.54, 1.807) is 6.07 Å². The molecule has 1 aromatic heterocycles. The zero-order valence-corrected chi connectivity index (χ0v) is 11.5. The van der Waals surface area contributed by atoms with Crippen molar-refractivity contribution in [1.82, 2.24) is 4.98 Å². The second kappa shape index (κ2) is 5.12. The van der Waals surface area contributed by atoms with Crippen LogP contribution in [-0.2, 0) is 0 Å². The number of anilines is 1. The van der Waals surface area contributed by atoms with Crippen molar-refractivity contribution in [3.05, 3.63) is 35.9 Å². The largest absolute Gasteiger partial charge is 0.478 e. The highest BCUT2D eigenvalue weighted by Gasteiger charge is 2.22. The molecule has 1 saturated heterocycles. The minimum absolute atomic E-state index is 0.304. The van der Waals surface area contributed by atoms with E-state index in [1.165, 1.54) is 0 Å². The van der Waals surface area contributed by atoms with Crippen LogP contribution in [0.1, 0.15) is 30.1 Å². The maximum Gasteiger partial charge on any atom is 0.339 e. The molecule has 3 rings (SSSR count). The van der Waals surface area contributed by atoms with Gasteiger partial charge < -0.3 is 10.0 Å². The smallest absolute Gasteiger partial charge is 0.339 e. The second-order valence-corrected chi connectivity index (χ2v) is 5.53. The highest BCUT2D eigenvalue weighted by atomic mass is 16.4. The fraction of sp³-hybridized carbons (Fsp3) is 0.375. The lowest BCUT2D eigenvalue weighted by Gasteiger charge is -2.32. The summed E-state index contributed by atoms with van der Waals surface area (Å²) in [5.74, 6) is 0.417. The standard InChI is InChI=1S/C16H18N2O2/c1-11-6-8-18(9-7-11)15-13(16(19)20)10-12-4-2-3-5-14(12)17-15/h2-5,10-11H,6-9H2,1H3,(H,19,20). The van der Waals surface area contributed by atoms with Gasteiger partial charge in [0.1, 0.15) is 11.4 Å². The predicted molar refractivity (Wildman–Crippen MR) is 79.3 cm³/mol. The van der Waals surface area contributed by atoms with Gasteiger partial charge in [0.2, 0.25) is 0 Å². The first kappa shape index (κ1) is 12.9. The summed E-state index contributed by atoms with van der Waals surface area (Å²) in [6.45, 7) is 4.00. The molecule has 4 heteroatoms. The van der Waals surface area contributed by atoms with E-state index in [0.717, 1.165) is 36.8 Å². The van der Waals surface area contributed by atoms with Gasteiger partial charge in [-0.05, 0) is 30.9 Å². The number of rotatable bonds is 2. The number of benzene rings is 1. The van der Waals surface area contributed by atoms with E-state index in [0.29, 0.717) is 17.3 Å². The summed E-state index contributed by atoms with van der Waals surface area (Å²) in [5.41, 5.74) is 1.16. The maximum absolute atomic E-state index is 11.5. The Labute approximate surface area is 118 Å². The molecular formula is C16H18N2O2. The average Bonchev–Trinajstić information content (AvgIpc) is 2.46. The van der Waals surface area contributed by atoms with Crippen molar-refractivity contribution in [2.45, 2.75) is 19.8 Å². The van der Waals surface area contributed by atoms with Crippen LogP contribution in [0.25, 0.3) is 10.9 Å². The predicted octanol–water partition coefficient (Wildman–Crippen LogP) is 3.17. The molecule has 0 atom stereocenters. The molecule has 1 fully saturated rings.